The summed E-state index contributed by atoms with van der Waals surface area (Å²) in [4.78, 5) is 25.0. The fraction of sp³-hybridized carbons (Fsp3) is 0.500. The maximum atomic E-state index is 12.9. The van der Waals surface area contributed by atoms with Crippen LogP contribution < -0.4 is 4.90 Å². The number of hydrogen-bond donors (Lipinski definition) is 0. The third-order valence-corrected chi connectivity index (χ3v) is 7.30. The van der Waals surface area contributed by atoms with E-state index in [0.29, 0.717) is 18.1 Å². The summed E-state index contributed by atoms with van der Waals surface area (Å²) in [6, 6.07) is 11.0. The van der Waals surface area contributed by atoms with Gasteiger partial charge in [-0.25, -0.2) is 18.4 Å². The van der Waals surface area contributed by atoms with E-state index in [-0.39, 0.29) is 24.1 Å². The summed E-state index contributed by atoms with van der Waals surface area (Å²) in [6.45, 7) is 3.09. The molecule has 2 heterocycles. The van der Waals surface area contributed by atoms with Crippen molar-refractivity contribution in [2.45, 2.75) is 38.0 Å². The van der Waals surface area contributed by atoms with Crippen molar-refractivity contribution in [3.8, 4) is 0 Å². The molecule has 1 aromatic carbocycles. The van der Waals surface area contributed by atoms with E-state index in [2.05, 4.69) is 0 Å². The van der Waals surface area contributed by atoms with Gasteiger partial charge in [-0.15, -0.1) is 0 Å². The van der Waals surface area contributed by atoms with Crippen LogP contribution in [0, 0.1) is 0 Å². The molecule has 0 bridgehead atoms. The SMILES string of the molecule is CC(=O)N1CCC[C@H](c2nc(CN(C)S(=O)(=O)Cc3ccccc3)cc(N(C)C)n2)C1. The number of amides is 1. The number of carbonyl (C=O) groups excluding carboxylic acids is 1. The largest absolute Gasteiger partial charge is 0.363 e. The number of sulfonamides is 1. The number of likely N-dealkylation sites (tertiary alicyclic amines) is 1. The average Bonchev–Trinajstić information content (AvgIpc) is 2.74. The molecule has 1 aliphatic rings. The first-order valence-corrected chi connectivity index (χ1v) is 12.1. The van der Waals surface area contributed by atoms with Crippen LogP contribution in [0.4, 0.5) is 5.82 Å². The molecule has 1 saturated heterocycles. The Kier molecular flexibility index (Phi) is 7.27. The standard InChI is InChI=1S/C22H31N5O3S/c1-17(28)27-12-8-11-19(14-27)22-23-20(13-21(24-22)25(2)3)15-26(4)31(29,30)16-18-9-6-5-7-10-18/h5-7,9-10,13,19H,8,11-12,14-16H2,1-4H3/t19-/m0/s1. The number of benzene rings is 1. The summed E-state index contributed by atoms with van der Waals surface area (Å²) in [6.07, 6.45) is 1.81. The van der Waals surface area contributed by atoms with Crippen LogP contribution >= 0.6 is 0 Å². The molecule has 1 aliphatic heterocycles. The summed E-state index contributed by atoms with van der Waals surface area (Å²) in [5.74, 6) is 1.44. The van der Waals surface area contributed by atoms with Crippen LogP contribution in [0.2, 0.25) is 0 Å². The average molecular weight is 446 g/mol. The Hall–Kier alpha value is -2.52. The number of carbonyl (C=O) groups is 1. The van der Waals surface area contributed by atoms with Crippen LogP contribution in [0.1, 0.15) is 42.8 Å². The van der Waals surface area contributed by atoms with Crippen molar-refractivity contribution in [3.63, 3.8) is 0 Å². The van der Waals surface area contributed by atoms with Crippen molar-refractivity contribution < 1.29 is 13.2 Å². The maximum absolute atomic E-state index is 12.9. The van der Waals surface area contributed by atoms with Gasteiger partial charge in [0.05, 0.1) is 18.0 Å². The lowest BCUT2D eigenvalue weighted by atomic mass is 9.97. The molecule has 1 amide bonds. The lowest BCUT2D eigenvalue weighted by Gasteiger charge is -2.31. The molecular weight excluding hydrogens is 414 g/mol. The normalized spacial score (nSPS) is 17.1. The van der Waals surface area contributed by atoms with Crippen LogP contribution in [-0.2, 0) is 27.1 Å². The molecule has 0 aliphatic carbocycles. The number of rotatable bonds is 7. The van der Waals surface area contributed by atoms with Crippen molar-refractivity contribution >= 4 is 21.7 Å². The molecule has 1 atom stereocenters. The fourth-order valence-corrected chi connectivity index (χ4v) is 4.85. The van der Waals surface area contributed by atoms with Crippen molar-refractivity contribution in [3.05, 3.63) is 53.5 Å². The number of piperidine rings is 1. The Balaban J connectivity index is 1.82. The zero-order chi connectivity index (χ0) is 22.6. The predicted molar refractivity (Wildman–Crippen MR) is 121 cm³/mol. The minimum atomic E-state index is -3.50. The highest BCUT2D eigenvalue weighted by molar-refractivity contribution is 7.88. The second kappa shape index (κ2) is 9.74. The van der Waals surface area contributed by atoms with Gasteiger partial charge in [-0.2, -0.15) is 4.31 Å². The minimum absolute atomic E-state index is 0.0440. The zero-order valence-electron chi connectivity index (χ0n) is 18.7. The molecule has 31 heavy (non-hydrogen) atoms. The number of aromatic nitrogens is 2. The van der Waals surface area contributed by atoms with Gasteiger partial charge < -0.3 is 9.80 Å². The van der Waals surface area contributed by atoms with E-state index < -0.39 is 10.0 Å². The first-order chi connectivity index (χ1) is 14.7. The van der Waals surface area contributed by atoms with Crippen LogP contribution in [0.5, 0.6) is 0 Å². The smallest absolute Gasteiger partial charge is 0.219 e. The van der Waals surface area contributed by atoms with Crippen molar-refractivity contribution in [1.82, 2.24) is 19.2 Å². The molecule has 0 unspecified atom stereocenters. The third kappa shape index (κ3) is 6.01. The number of hydrogen-bond acceptors (Lipinski definition) is 6. The van der Waals surface area contributed by atoms with Crippen molar-refractivity contribution in [2.75, 3.05) is 39.1 Å². The Morgan fingerprint density at radius 3 is 2.52 bits per heavy atom. The fourth-order valence-electron chi connectivity index (χ4n) is 3.69. The van der Waals surface area contributed by atoms with Gasteiger partial charge in [0, 0.05) is 53.1 Å². The van der Waals surface area contributed by atoms with Crippen molar-refractivity contribution in [1.29, 1.82) is 0 Å². The number of nitrogens with zero attached hydrogens (tertiary/aromatic N) is 5. The first-order valence-electron chi connectivity index (χ1n) is 10.4. The predicted octanol–water partition coefficient (Wildman–Crippen LogP) is 2.23. The highest BCUT2D eigenvalue weighted by Crippen LogP contribution is 2.26. The van der Waals surface area contributed by atoms with Crippen LogP contribution in [0.3, 0.4) is 0 Å². The lowest BCUT2D eigenvalue weighted by molar-refractivity contribution is -0.130. The van der Waals surface area contributed by atoms with E-state index in [1.54, 1.807) is 14.0 Å². The minimum Gasteiger partial charge on any atom is -0.363 e. The molecule has 0 saturated carbocycles. The number of anilines is 1. The second-order valence-electron chi connectivity index (χ2n) is 8.27. The molecule has 0 spiro atoms. The van der Waals surface area contributed by atoms with E-state index in [4.69, 9.17) is 9.97 Å². The molecule has 3 rings (SSSR count). The van der Waals surface area contributed by atoms with E-state index in [1.807, 2.05) is 60.3 Å². The van der Waals surface area contributed by atoms with Gasteiger partial charge in [0.15, 0.2) is 0 Å². The molecule has 1 aromatic heterocycles. The van der Waals surface area contributed by atoms with Gasteiger partial charge in [-0.05, 0) is 18.4 Å². The summed E-state index contributed by atoms with van der Waals surface area (Å²) >= 11 is 0. The second-order valence-corrected chi connectivity index (χ2v) is 10.3. The van der Waals surface area contributed by atoms with E-state index >= 15 is 0 Å². The molecule has 0 N–H and O–H groups in total. The molecular formula is C22H31N5O3S. The monoisotopic (exact) mass is 445 g/mol. The summed E-state index contributed by atoms with van der Waals surface area (Å²) in [7, 11) is 1.88. The Morgan fingerprint density at radius 1 is 1.16 bits per heavy atom. The van der Waals surface area contributed by atoms with Gasteiger partial charge in [0.25, 0.3) is 0 Å². The van der Waals surface area contributed by atoms with Gasteiger partial charge in [0.1, 0.15) is 11.6 Å². The molecule has 8 nitrogen and oxygen atoms in total. The van der Waals surface area contributed by atoms with Gasteiger partial charge in [-0.3, -0.25) is 4.79 Å². The van der Waals surface area contributed by atoms with E-state index in [0.717, 1.165) is 30.8 Å². The molecule has 1 fully saturated rings. The van der Waals surface area contributed by atoms with Gasteiger partial charge in [-0.1, -0.05) is 30.3 Å². The lowest BCUT2D eigenvalue weighted by Crippen LogP contribution is -2.38. The van der Waals surface area contributed by atoms with E-state index in [1.165, 1.54) is 4.31 Å². The third-order valence-electron chi connectivity index (χ3n) is 5.52. The Bertz CT molecular complexity index is 1010. The molecule has 9 heteroatoms. The quantitative estimate of drug-likeness (QED) is 0.650. The topological polar surface area (TPSA) is 86.7 Å². The molecule has 0 radical (unpaired) electrons. The molecule has 2 aromatic rings. The van der Waals surface area contributed by atoms with Gasteiger partial charge in [0.2, 0.25) is 15.9 Å². The molecule has 168 valence electrons. The Labute approximate surface area is 185 Å². The summed E-state index contributed by atoms with van der Waals surface area (Å²) in [5, 5.41) is 0. The van der Waals surface area contributed by atoms with Crippen LogP contribution in [0.15, 0.2) is 36.4 Å². The highest BCUT2D eigenvalue weighted by atomic mass is 32.2. The Morgan fingerprint density at radius 2 is 1.87 bits per heavy atom. The van der Waals surface area contributed by atoms with Crippen LogP contribution in [0.25, 0.3) is 0 Å². The zero-order valence-corrected chi connectivity index (χ0v) is 19.5. The first kappa shape index (κ1) is 23.1. The summed E-state index contributed by atoms with van der Waals surface area (Å²) in [5.41, 5.74) is 1.39. The van der Waals surface area contributed by atoms with Gasteiger partial charge >= 0.3 is 0 Å². The maximum Gasteiger partial charge on any atom is 0.219 e. The highest BCUT2D eigenvalue weighted by Gasteiger charge is 2.26. The van der Waals surface area contributed by atoms with E-state index in [9.17, 15) is 13.2 Å². The van der Waals surface area contributed by atoms with Crippen LogP contribution in [-0.4, -0.2) is 67.7 Å². The summed E-state index contributed by atoms with van der Waals surface area (Å²) < 4.78 is 27.1. The van der Waals surface area contributed by atoms with Crippen molar-refractivity contribution in [2.24, 2.45) is 0 Å².